The van der Waals surface area contributed by atoms with Gasteiger partial charge in [-0.1, -0.05) is 24.3 Å². The van der Waals surface area contributed by atoms with Crippen LogP contribution in [0.3, 0.4) is 0 Å². The van der Waals surface area contributed by atoms with Crippen molar-refractivity contribution >= 4 is 0 Å². The fraction of sp³-hybridized carbons (Fsp3) is 0.273. The average molecular weight is 161 g/mol. The molecule has 0 bridgehead atoms. The van der Waals surface area contributed by atoms with Crippen LogP contribution in [0.15, 0.2) is 36.9 Å². The second kappa shape index (κ2) is 5.42. The van der Waals surface area contributed by atoms with E-state index < -0.39 is 0 Å². The first-order valence-electron chi connectivity index (χ1n) is 4.14. The highest BCUT2D eigenvalue weighted by atomic mass is 16.5. The first-order chi connectivity index (χ1) is 5.93. The molecule has 0 N–H and O–H groups in total. The molecule has 0 saturated carbocycles. The summed E-state index contributed by atoms with van der Waals surface area (Å²) in [6.07, 6.45) is 3.93. The fourth-order valence-corrected chi connectivity index (χ4v) is 0.876. The van der Waals surface area contributed by atoms with E-state index in [-0.39, 0.29) is 0 Å². The van der Waals surface area contributed by atoms with Gasteiger partial charge in [-0.2, -0.15) is 0 Å². The molecule has 12 heavy (non-hydrogen) atoms. The van der Waals surface area contributed by atoms with Crippen LogP contribution in [0, 0.1) is 6.07 Å². The van der Waals surface area contributed by atoms with E-state index in [9.17, 15) is 0 Å². The Bertz CT molecular complexity index is 216. The van der Waals surface area contributed by atoms with E-state index in [2.05, 4.69) is 12.6 Å². The fourth-order valence-electron chi connectivity index (χ4n) is 0.876. The molecule has 0 spiro atoms. The third-order valence-corrected chi connectivity index (χ3v) is 1.49. The van der Waals surface area contributed by atoms with Crippen molar-refractivity contribution in [1.29, 1.82) is 0 Å². The summed E-state index contributed by atoms with van der Waals surface area (Å²) in [5, 5.41) is 0. The largest absolute Gasteiger partial charge is 0.493 e. The average Bonchev–Trinajstić information content (AvgIpc) is 2.14. The highest BCUT2D eigenvalue weighted by Crippen LogP contribution is 2.07. The predicted molar refractivity (Wildman–Crippen MR) is 50.2 cm³/mol. The van der Waals surface area contributed by atoms with Crippen molar-refractivity contribution in [2.45, 2.75) is 12.8 Å². The van der Waals surface area contributed by atoms with Crippen LogP contribution in [0.5, 0.6) is 5.75 Å². The number of unbranched alkanes of at least 4 members (excludes halogenated alkanes) is 1. The molecule has 1 heteroatoms. The number of para-hydroxylation sites is 1. The maximum atomic E-state index is 5.40. The van der Waals surface area contributed by atoms with Gasteiger partial charge in [-0.05, 0) is 18.9 Å². The number of benzene rings is 1. The van der Waals surface area contributed by atoms with E-state index >= 15 is 0 Å². The Hall–Kier alpha value is -1.24. The molecule has 0 heterocycles. The lowest BCUT2D eigenvalue weighted by Crippen LogP contribution is -1.95. The highest BCUT2D eigenvalue weighted by molar-refractivity contribution is 5.19. The Balaban J connectivity index is 2.20. The zero-order valence-electron chi connectivity index (χ0n) is 7.12. The van der Waals surface area contributed by atoms with Crippen LogP contribution in [0.2, 0.25) is 0 Å². The monoisotopic (exact) mass is 161 g/mol. The quantitative estimate of drug-likeness (QED) is 0.476. The summed E-state index contributed by atoms with van der Waals surface area (Å²) in [6, 6.07) is 10.6. The van der Waals surface area contributed by atoms with Crippen LogP contribution < -0.4 is 4.74 Å². The number of allylic oxidation sites excluding steroid dienone is 1. The predicted octanol–water partition coefficient (Wildman–Crippen LogP) is 2.83. The molecule has 1 aromatic carbocycles. The Kier molecular flexibility index (Phi) is 4.00. The van der Waals surface area contributed by atoms with Gasteiger partial charge in [0.2, 0.25) is 0 Å². The smallest absolute Gasteiger partial charge is 0.127 e. The standard InChI is InChI=1S/C11H13O/c1-2-3-7-10-12-11-8-5-4-6-9-11/h2,4-6,8H,1,3,7,10H2. The van der Waals surface area contributed by atoms with Crippen LogP contribution in [0.25, 0.3) is 0 Å². The lowest BCUT2D eigenvalue weighted by molar-refractivity contribution is 0.311. The van der Waals surface area contributed by atoms with Gasteiger partial charge < -0.3 is 4.74 Å². The van der Waals surface area contributed by atoms with Crippen molar-refractivity contribution < 1.29 is 4.74 Å². The maximum Gasteiger partial charge on any atom is 0.127 e. The van der Waals surface area contributed by atoms with Crippen molar-refractivity contribution in [3.8, 4) is 5.75 Å². The van der Waals surface area contributed by atoms with Gasteiger partial charge in [0.25, 0.3) is 0 Å². The summed E-state index contributed by atoms with van der Waals surface area (Å²) in [7, 11) is 0. The molecule has 0 atom stereocenters. The Labute approximate surface area is 73.7 Å². The molecule has 0 aliphatic carbocycles. The molecule has 1 radical (unpaired) electrons. The molecule has 0 fully saturated rings. The Morgan fingerprint density at radius 1 is 1.50 bits per heavy atom. The summed E-state index contributed by atoms with van der Waals surface area (Å²) in [5.41, 5.74) is 0. The van der Waals surface area contributed by atoms with E-state index in [0.717, 1.165) is 25.2 Å². The highest BCUT2D eigenvalue weighted by Gasteiger charge is 1.89. The third kappa shape index (κ3) is 3.24. The van der Waals surface area contributed by atoms with E-state index in [1.807, 2.05) is 30.3 Å². The molecule has 0 aliphatic heterocycles. The second-order valence-corrected chi connectivity index (χ2v) is 2.51. The molecular weight excluding hydrogens is 148 g/mol. The summed E-state index contributed by atoms with van der Waals surface area (Å²) in [6.45, 7) is 4.38. The number of ether oxygens (including phenoxy) is 1. The molecular formula is C11H13O. The topological polar surface area (TPSA) is 9.23 Å². The minimum Gasteiger partial charge on any atom is -0.493 e. The van der Waals surface area contributed by atoms with Gasteiger partial charge in [-0.15, -0.1) is 6.58 Å². The lowest BCUT2D eigenvalue weighted by Gasteiger charge is -2.02. The van der Waals surface area contributed by atoms with Gasteiger partial charge in [0.15, 0.2) is 0 Å². The zero-order chi connectivity index (χ0) is 8.65. The number of rotatable bonds is 5. The third-order valence-electron chi connectivity index (χ3n) is 1.49. The van der Waals surface area contributed by atoms with Crippen LogP contribution in [-0.4, -0.2) is 6.61 Å². The van der Waals surface area contributed by atoms with Gasteiger partial charge in [0, 0.05) is 6.07 Å². The van der Waals surface area contributed by atoms with Crippen LogP contribution >= 0.6 is 0 Å². The summed E-state index contributed by atoms with van der Waals surface area (Å²) in [4.78, 5) is 0. The molecule has 0 aliphatic rings. The normalized spacial score (nSPS) is 9.33. The minimum absolute atomic E-state index is 0.743. The molecule has 0 unspecified atom stereocenters. The second-order valence-electron chi connectivity index (χ2n) is 2.51. The molecule has 1 nitrogen and oxygen atoms in total. The van der Waals surface area contributed by atoms with Crippen molar-refractivity contribution in [1.82, 2.24) is 0 Å². The number of hydrogen-bond donors (Lipinski definition) is 0. The van der Waals surface area contributed by atoms with Crippen LogP contribution in [0.1, 0.15) is 12.8 Å². The number of hydrogen-bond acceptors (Lipinski definition) is 1. The van der Waals surface area contributed by atoms with Gasteiger partial charge in [-0.3, -0.25) is 0 Å². The summed E-state index contributed by atoms with van der Waals surface area (Å²) in [5.74, 6) is 0.821. The van der Waals surface area contributed by atoms with E-state index in [0.29, 0.717) is 0 Å². The Morgan fingerprint density at radius 3 is 3.08 bits per heavy atom. The van der Waals surface area contributed by atoms with Gasteiger partial charge >= 0.3 is 0 Å². The first kappa shape index (κ1) is 8.85. The lowest BCUT2D eigenvalue weighted by atomic mass is 10.3. The molecule has 1 aromatic rings. The SMILES string of the molecule is C=CCCCOc1[c]cccc1. The van der Waals surface area contributed by atoms with Crippen molar-refractivity contribution in [2.24, 2.45) is 0 Å². The maximum absolute atomic E-state index is 5.40. The minimum atomic E-state index is 0.743. The molecule has 0 saturated heterocycles. The van der Waals surface area contributed by atoms with Crippen molar-refractivity contribution in [3.63, 3.8) is 0 Å². The van der Waals surface area contributed by atoms with Gasteiger partial charge in [0.05, 0.1) is 6.61 Å². The van der Waals surface area contributed by atoms with E-state index in [4.69, 9.17) is 4.74 Å². The zero-order valence-corrected chi connectivity index (χ0v) is 7.12. The Morgan fingerprint density at radius 2 is 2.42 bits per heavy atom. The molecule has 63 valence electrons. The summed E-state index contributed by atoms with van der Waals surface area (Å²) < 4.78 is 5.40. The van der Waals surface area contributed by atoms with E-state index in [1.165, 1.54) is 0 Å². The van der Waals surface area contributed by atoms with Gasteiger partial charge in [-0.25, -0.2) is 0 Å². The molecule has 0 amide bonds. The summed E-state index contributed by atoms with van der Waals surface area (Å²) >= 11 is 0. The van der Waals surface area contributed by atoms with Crippen molar-refractivity contribution in [2.75, 3.05) is 6.61 Å². The van der Waals surface area contributed by atoms with Gasteiger partial charge in [0.1, 0.15) is 5.75 Å². The molecule has 0 aromatic heterocycles. The van der Waals surface area contributed by atoms with Crippen LogP contribution in [-0.2, 0) is 0 Å². The molecule has 1 rings (SSSR count). The van der Waals surface area contributed by atoms with Crippen LogP contribution in [0.4, 0.5) is 0 Å². The van der Waals surface area contributed by atoms with Crippen molar-refractivity contribution in [3.05, 3.63) is 43.0 Å². The first-order valence-corrected chi connectivity index (χ1v) is 4.14. The van der Waals surface area contributed by atoms with E-state index in [1.54, 1.807) is 0 Å².